The van der Waals surface area contributed by atoms with E-state index in [9.17, 15) is 4.21 Å². The van der Waals surface area contributed by atoms with E-state index in [1.165, 1.54) is 6.21 Å². The molecule has 0 aliphatic heterocycles. The summed E-state index contributed by atoms with van der Waals surface area (Å²) in [4.78, 5) is -0.513. The van der Waals surface area contributed by atoms with Gasteiger partial charge in [0.05, 0.1) is 9.62 Å². The lowest BCUT2D eigenvalue weighted by Gasteiger charge is -2.14. The number of hydrogen-bond acceptors (Lipinski definition) is 1. The van der Waals surface area contributed by atoms with Gasteiger partial charge in [-0.3, -0.25) is 0 Å². The van der Waals surface area contributed by atoms with Crippen LogP contribution in [0.3, 0.4) is 0 Å². The predicted molar refractivity (Wildman–Crippen MR) is 56.3 cm³/mol. The molecule has 0 radical (unpaired) electrons. The molecule has 0 spiro atoms. The summed E-state index contributed by atoms with van der Waals surface area (Å²) in [5.74, 6) is 0. The van der Waals surface area contributed by atoms with Gasteiger partial charge < -0.3 is 0 Å². The maximum absolute atomic E-state index is 11.4. The van der Waals surface area contributed by atoms with Crippen LogP contribution in [0.2, 0.25) is 0 Å². The van der Waals surface area contributed by atoms with Crippen LogP contribution in [0.15, 0.2) is 4.40 Å². The molecule has 0 aromatic carbocycles. The summed E-state index contributed by atoms with van der Waals surface area (Å²) < 4.78 is 14.9. The van der Waals surface area contributed by atoms with Crippen LogP contribution in [0.25, 0.3) is 0 Å². The summed E-state index contributed by atoms with van der Waals surface area (Å²) in [6.07, 6.45) is 1.52. The molecular formula is C8H16ClNOS. The molecule has 0 fully saturated rings. The molecule has 0 N–H and O–H groups in total. The normalized spacial score (nSPS) is 16.8. The van der Waals surface area contributed by atoms with Crippen LogP contribution < -0.4 is 0 Å². The Morgan fingerprint density at radius 3 is 1.92 bits per heavy atom. The van der Waals surface area contributed by atoms with Crippen LogP contribution in [0.1, 0.15) is 34.6 Å². The maximum atomic E-state index is 11.4. The van der Waals surface area contributed by atoms with Gasteiger partial charge in [-0.1, -0.05) is 0 Å². The molecule has 0 saturated carbocycles. The fourth-order valence-corrected chi connectivity index (χ4v) is 1.11. The first-order valence-corrected chi connectivity index (χ1v) is 5.27. The highest BCUT2D eigenvalue weighted by Gasteiger charge is 2.19. The van der Waals surface area contributed by atoms with E-state index < -0.39 is 15.9 Å². The van der Waals surface area contributed by atoms with Crippen molar-refractivity contribution in [1.29, 1.82) is 0 Å². The maximum Gasteiger partial charge on any atom is 0.144 e. The lowest BCUT2D eigenvalue weighted by molar-refractivity contribution is 0.650. The zero-order chi connectivity index (χ0) is 9.99. The summed E-state index contributed by atoms with van der Waals surface area (Å²) in [6.45, 7) is 9.24. The van der Waals surface area contributed by atoms with Crippen molar-refractivity contribution >= 4 is 28.8 Å². The predicted octanol–water partition coefficient (Wildman–Crippen LogP) is 2.54. The number of hydrogen-bond donors (Lipinski definition) is 0. The summed E-state index contributed by atoms with van der Waals surface area (Å²) in [7, 11) is -1.20. The van der Waals surface area contributed by atoms with Gasteiger partial charge in [-0.25, -0.2) is 4.21 Å². The molecule has 2 nitrogen and oxygen atoms in total. The second kappa shape index (κ2) is 3.88. The van der Waals surface area contributed by atoms with E-state index in [4.69, 9.17) is 11.6 Å². The molecule has 0 rings (SSSR count). The van der Waals surface area contributed by atoms with Crippen LogP contribution >= 0.6 is 11.6 Å². The van der Waals surface area contributed by atoms with Gasteiger partial charge in [-0.05, 0) is 34.6 Å². The van der Waals surface area contributed by atoms with Crippen molar-refractivity contribution in [1.82, 2.24) is 0 Å². The SMILES string of the molecule is CC(C)(Cl)/C=N/S(=O)C(C)(C)C. The summed E-state index contributed by atoms with van der Waals surface area (Å²) in [6, 6.07) is 0. The Morgan fingerprint density at radius 2 is 1.67 bits per heavy atom. The highest BCUT2D eigenvalue weighted by Crippen LogP contribution is 2.14. The zero-order valence-electron chi connectivity index (χ0n) is 8.22. The van der Waals surface area contributed by atoms with Gasteiger partial charge in [0.1, 0.15) is 11.0 Å². The third-order valence-corrected chi connectivity index (χ3v) is 2.42. The molecule has 0 aliphatic rings. The van der Waals surface area contributed by atoms with Crippen molar-refractivity contribution < 1.29 is 4.21 Å². The van der Waals surface area contributed by atoms with Gasteiger partial charge in [0.2, 0.25) is 0 Å². The Bertz CT molecular complexity index is 200. The van der Waals surface area contributed by atoms with E-state index in [1.54, 1.807) is 13.8 Å². The van der Waals surface area contributed by atoms with Crippen LogP contribution in [0.4, 0.5) is 0 Å². The van der Waals surface area contributed by atoms with Gasteiger partial charge in [0.25, 0.3) is 0 Å². The first-order valence-electron chi connectivity index (χ1n) is 3.79. The molecule has 1 unspecified atom stereocenters. The van der Waals surface area contributed by atoms with Crippen molar-refractivity contribution in [3.63, 3.8) is 0 Å². The van der Waals surface area contributed by atoms with Gasteiger partial charge in [0, 0.05) is 6.21 Å². The molecule has 0 bridgehead atoms. The Kier molecular flexibility index (Phi) is 3.91. The Balaban J connectivity index is 4.30. The highest BCUT2D eigenvalue weighted by atomic mass is 35.5. The number of nitrogens with zero attached hydrogens (tertiary/aromatic N) is 1. The Labute approximate surface area is 82.0 Å². The minimum absolute atomic E-state index is 0.307. The van der Waals surface area contributed by atoms with Crippen LogP contribution in [-0.4, -0.2) is 20.0 Å². The highest BCUT2D eigenvalue weighted by molar-refractivity contribution is 7.85. The minimum atomic E-state index is -1.20. The van der Waals surface area contributed by atoms with Crippen molar-refractivity contribution in [2.24, 2.45) is 4.40 Å². The third kappa shape index (κ3) is 5.72. The van der Waals surface area contributed by atoms with E-state index in [1.807, 2.05) is 20.8 Å². The van der Waals surface area contributed by atoms with E-state index in [0.717, 1.165) is 0 Å². The lowest BCUT2D eigenvalue weighted by Crippen LogP contribution is -2.21. The molecule has 0 heterocycles. The van der Waals surface area contributed by atoms with Crippen molar-refractivity contribution in [2.45, 2.75) is 44.2 Å². The average Bonchev–Trinajstić information content (AvgIpc) is 1.78. The summed E-state index contributed by atoms with van der Waals surface area (Å²) >= 11 is 5.84. The molecule has 12 heavy (non-hydrogen) atoms. The van der Waals surface area contributed by atoms with Crippen molar-refractivity contribution in [3.8, 4) is 0 Å². The van der Waals surface area contributed by atoms with Gasteiger partial charge >= 0.3 is 0 Å². The molecule has 0 saturated heterocycles. The Hall–Kier alpha value is 0.110. The first-order chi connectivity index (χ1) is 5.13. The topological polar surface area (TPSA) is 29.4 Å². The zero-order valence-corrected chi connectivity index (χ0v) is 9.79. The number of rotatable bonds is 2. The summed E-state index contributed by atoms with van der Waals surface area (Å²) in [5.41, 5.74) is 0. The van der Waals surface area contributed by atoms with E-state index >= 15 is 0 Å². The van der Waals surface area contributed by atoms with E-state index in [-0.39, 0.29) is 4.75 Å². The smallest absolute Gasteiger partial charge is 0.144 e. The number of halogens is 1. The molecule has 1 atom stereocenters. The van der Waals surface area contributed by atoms with E-state index in [2.05, 4.69) is 4.40 Å². The first kappa shape index (κ1) is 12.1. The quantitative estimate of drug-likeness (QED) is 0.508. The second-order valence-corrected chi connectivity index (χ2v) is 7.07. The van der Waals surface area contributed by atoms with Gasteiger partial charge in [-0.15, -0.1) is 11.6 Å². The van der Waals surface area contributed by atoms with Crippen molar-refractivity contribution in [2.75, 3.05) is 0 Å². The molecule has 0 aromatic rings. The average molecular weight is 210 g/mol. The van der Waals surface area contributed by atoms with Crippen molar-refractivity contribution in [3.05, 3.63) is 0 Å². The van der Waals surface area contributed by atoms with Crippen LogP contribution in [-0.2, 0) is 11.0 Å². The molecule has 0 amide bonds. The van der Waals surface area contributed by atoms with E-state index in [0.29, 0.717) is 0 Å². The van der Waals surface area contributed by atoms with Gasteiger partial charge in [0.15, 0.2) is 0 Å². The lowest BCUT2D eigenvalue weighted by atomic mass is 10.2. The minimum Gasteiger partial charge on any atom is -0.234 e. The largest absolute Gasteiger partial charge is 0.234 e. The Morgan fingerprint density at radius 1 is 1.25 bits per heavy atom. The molecule has 4 heteroatoms. The van der Waals surface area contributed by atoms with Crippen LogP contribution in [0.5, 0.6) is 0 Å². The number of alkyl halides is 1. The molecule has 72 valence electrons. The monoisotopic (exact) mass is 209 g/mol. The fraction of sp³-hybridized carbons (Fsp3) is 0.875. The fourth-order valence-electron chi connectivity index (χ4n) is 0.331. The standard InChI is InChI=1S/C8H16ClNOS/c1-7(2,3)12(11)10-6-8(4,5)9/h6H,1-5H3/b10-6+. The molecule has 0 aromatic heterocycles. The third-order valence-electron chi connectivity index (χ3n) is 0.979. The van der Waals surface area contributed by atoms with Gasteiger partial charge in [-0.2, -0.15) is 4.40 Å². The summed E-state index contributed by atoms with van der Waals surface area (Å²) in [5, 5.41) is 0. The molecular weight excluding hydrogens is 194 g/mol. The second-order valence-electron chi connectivity index (χ2n) is 4.16. The van der Waals surface area contributed by atoms with Crippen LogP contribution in [0, 0.1) is 0 Å². The molecule has 0 aliphatic carbocycles.